The van der Waals surface area contributed by atoms with E-state index in [-0.39, 0.29) is 22.9 Å². The lowest BCUT2D eigenvalue weighted by molar-refractivity contribution is 0.0626. The number of hydrogen-bond donors (Lipinski definition) is 1. The second-order valence-corrected chi connectivity index (χ2v) is 10.9. The number of fused-ring (bicyclic) bond motifs is 1. The van der Waals surface area contributed by atoms with Gasteiger partial charge in [0.25, 0.3) is 15.9 Å². The number of amides is 1. The summed E-state index contributed by atoms with van der Waals surface area (Å²) < 4.78 is 56.5. The summed E-state index contributed by atoms with van der Waals surface area (Å²) in [6, 6.07) is 17.5. The molecule has 2 heterocycles. The van der Waals surface area contributed by atoms with Crippen LogP contribution in [0.3, 0.4) is 0 Å². The SMILES string of the molecule is Cc1cc(C(=O)N2CCN(Cc3cccc(F)c3F)CC2)ccc1NS(=O)(=O)c1cccc2cccnc12. The quantitative estimate of drug-likeness (QED) is 0.390. The van der Waals surface area contributed by atoms with Gasteiger partial charge in [0.1, 0.15) is 4.90 Å². The highest BCUT2D eigenvalue weighted by molar-refractivity contribution is 7.93. The normalized spacial score (nSPS) is 14.6. The molecule has 3 aromatic carbocycles. The molecule has 1 aromatic heterocycles. The number of pyridine rings is 1. The zero-order chi connectivity index (χ0) is 26.9. The number of aryl methyl sites for hydroxylation is 1. The molecule has 1 aliphatic heterocycles. The number of para-hydroxylation sites is 1. The molecule has 4 aromatic rings. The lowest BCUT2D eigenvalue weighted by Gasteiger charge is -2.35. The van der Waals surface area contributed by atoms with Crippen LogP contribution in [0.4, 0.5) is 14.5 Å². The van der Waals surface area contributed by atoms with Crippen LogP contribution in [0.25, 0.3) is 10.9 Å². The van der Waals surface area contributed by atoms with Gasteiger partial charge in [0, 0.05) is 55.4 Å². The van der Waals surface area contributed by atoms with Crippen molar-refractivity contribution in [1.82, 2.24) is 14.8 Å². The predicted molar refractivity (Wildman–Crippen MR) is 141 cm³/mol. The average molecular weight is 537 g/mol. The van der Waals surface area contributed by atoms with E-state index >= 15 is 0 Å². The Balaban J connectivity index is 1.25. The van der Waals surface area contributed by atoms with Crippen molar-refractivity contribution in [1.29, 1.82) is 0 Å². The zero-order valence-corrected chi connectivity index (χ0v) is 21.5. The zero-order valence-electron chi connectivity index (χ0n) is 20.7. The fourth-order valence-corrected chi connectivity index (χ4v) is 5.92. The first-order valence-electron chi connectivity index (χ1n) is 12.1. The molecule has 38 heavy (non-hydrogen) atoms. The number of carbonyl (C=O) groups excluding carboxylic acids is 1. The number of piperazine rings is 1. The summed E-state index contributed by atoms with van der Waals surface area (Å²) in [6.07, 6.45) is 1.55. The molecule has 7 nitrogen and oxygen atoms in total. The number of benzene rings is 3. The Hall–Kier alpha value is -3.89. The maximum Gasteiger partial charge on any atom is 0.264 e. The van der Waals surface area contributed by atoms with Gasteiger partial charge in [-0.2, -0.15) is 0 Å². The number of sulfonamides is 1. The van der Waals surface area contributed by atoms with Gasteiger partial charge in [-0.25, -0.2) is 17.2 Å². The minimum absolute atomic E-state index is 0.0751. The van der Waals surface area contributed by atoms with Crippen LogP contribution in [0.2, 0.25) is 0 Å². The van der Waals surface area contributed by atoms with Gasteiger partial charge < -0.3 is 4.90 Å². The number of nitrogens with one attached hydrogen (secondary N) is 1. The van der Waals surface area contributed by atoms with Crippen molar-refractivity contribution in [2.45, 2.75) is 18.4 Å². The van der Waals surface area contributed by atoms with Gasteiger partial charge in [0.2, 0.25) is 0 Å². The lowest BCUT2D eigenvalue weighted by atomic mass is 10.1. The lowest BCUT2D eigenvalue weighted by Crippen LogP contribution is -2.48. The van der Waals surface area contributed by atoms with Crippen molar-refractivity contribution in [3.63, 3.8) is 0 Å². The summed E-state index contributed by atoms with van der Waals surface area (Å²) in [5.74, 6) is -1.88. The maximum absolute atomic E-state index is 14.0. The first-order chi connectivity index (χ1) is 18.2. The van der Waals surface area contributed by atoms with Crippen molar-refractivity contribution in [3.8, 4) is 0 Å². The van der Waals surface area contributed by atoms with E-state index in [1.165, 1.54) is 12.1 Å². The van der Waals surface area contributed by atoms with E-state index in [1.807, 2.05) is 4.90 Å². The Morgan fingerprint density at radius 3 is 2.47 bits per heavy atom. The second kappa shape index (κ2) is 10.5. The molecule has 0 saturated carbocycles. The van der Waals surface area contributed by atoms with Crippen molar-refractivity contribution < 1.29 is 22.0 Å². The number of nitrogens with zero attached hydrogens (tertiary/aromatic N) is 3. The molecule has 0 spiro atoms. The van der Waals surface area contributed by atoms with E-state index in [0.717, 1.165) is 6.07 Å². The second-order valence-electron chi connectivity index (χ2n) is 9.25. The van der Waals surface area contributed by atoms with Crippen LogP contribution in [0.5, 0.6) is 0 Å². The first kappa shape index (κ1) is 25.7. The first-order valence-corrected chi connectivity index (χ1v) is 13.6. The third-order valence-corrected chi connectivity index (χ3v) is 8.09. The summed E-state index contributed by atoms with van der Waals surface area (Å²) in [5.41, 5.74) is 2.09. The highest BCUT2D eigenvalue weighted by atomic mass is 32.2. The number of carbonyl (C=O) groups is 1. The third-order valence-electron chi connectivity index (χ3n) is 6.69. The summed E-state index contributed by atoms with van der Waals surface area (Å²) in [6.45, 7) is 3.94. The molecule has 10 heteroatoms. The van der Waals surface area contributed by atoms with Crippen molar-refractivity contribution in [2.75, 3.05) is 30.9 Å². The molecular formula is C28H26F2N4O3S. The summed E-state index contributed by atoms with van der Waals surface area (Å²) in [4.78, 5) is 21.1. The number of halogens is 2. The summed E-state index contributed by atoms with van der Waals surface area (Å²) in [5, 5.41) is 0.717. The third kappa shape index (κ3) is 5.23. The van der Waals surface area contributed by atoms with Gasteiger partial charge in [-0.15, -0.1) is 0 Å². The molecule has 0 bridgehead atoms. The van der Waals surface area contributed by atoms with Gasteiger partial charge in [-0.1, -0.05) is 30.3 Å². The van der Waals surface area contributed by atoms with Gasteiger partial charge in [0.15, 0.2) is 11.6 Å². The van der Waals surface area contributed by atoms with E-state index < -0.39 is 21.7 Å². The van der Waals surface area contributed by atoms with Gasteiger partial charge in [0.05, 0.1) is 11.2 Å². The van der Waals surface area contributed by atoms with Crippen LogP contribution in [0.15, 0.2) is 77.8 Å². The number of hydrogen-bond acceptors (Lipinski definition) is 5. The van der Waals surface area contributed by atoms with Crippen LogP contribution in [-0.4, -0.2) is 55.3 Å². The molecule has 0 atom stereocenters. The molecule has 0 aliphatic carbocycles. The fourth-order valence-electron chi connectivity index (χ4n) is 4.61. The van der Waals surface area contributed by atoms with E-state index in [9.17, 15) is 22.0 Å². The van der Waals surface area contributed by atoms with Crippen LogP contribution in [0.1, 0.15) is 21.5 Å². The molecule has 196 valence electrons. The van der Waals surface area contributed by atoms with Gasteiger partial charge >= 0.3 is 0 Å². The molecule has 0 unspecified atom stereocenters. The monoisotopic (exact) mass is 536 g/mol. The van der Waals surface area contributed by atoms with Crippen molar-refractivity contribution in [3.05, 3.63) is 101 Å². The Morgan fingerprint density at radius 1 is 0.974 bits per heavy atom. The average Bonchev–Trinajstić information content (AvgIpc) is 2.92. The fraction of sp³-hybridized carbons (Fsp3) is 0.214. The minimum atomic E-state index is -3.92. The van der Waals surface area contributed by atoms with E-state index in [0.29, 0.717) is 53.9 Å². The Bertz CT molecular complexity index is 1610. The largest absolute Gasteiger partial charge is 0.336 e. The number of anilines is 1. The van der Waals surface area contributed by atoms with Crippen LogP contribution < -0.4 is 4.72 Å². The van der Waals surface area contributed by atoms with E-state index in [4.69, 9.17) is 0 Å². The number of aromatic nitrogens is 1. The maximum atomic E-state index is 14.0. The molecule has 1 fully saturated rings. The highest BCUT2D eigenvalue weighted by Crippen LogP contribution is 2.26. The Morgan fingerprint density at radius 2 is 1.71 bits per heavy atom. The molecule has 1 aliphatic rings. The molecule has 5 rings (SSSR count). The molecule has 1 saturated heterocycles. The molecule has 0 radical (unpaired) electrons. The van der Waals surface area contributed by atoms with Crippen molar-refractivity contribution >= 4 is 32.5 Å². The molecule has 1 amide bonds. The van der Waals surface area contributed by atoms with E-state index in [1.54, 1.807) is 66.6 Å². The summed E-state index contributed by atoms with van der Waals surface area (Å²) >= 11 is 0. The Labute approximate surface area is 219 Å². The van der Waals surface area contributed by atoms with Gasteiger partial charge in [-0.05, 0) is 48.9 Å². The van der Waals surface area contributed by atoms with Crippen LogP contribution in [0, 0.1) is 18.6 Å². The topological polar surface area (TPSA) is 82.6 Å². The Kier molecular flexibility index (Phi) is 7.09. The predicted octanol–water partition coefficient (Wildman–Crippen LogP) is 4.58. The van der Waals surface area contributed by atoms with Crippen molar-refractivity contribution in [2.24, 2.45) is 0 Å². The molecular weight excluding hydrogens is 510 g/mol. The highest BCUT2D eigenvalue weighted by Gasteiger charge is 2.24. The minimum Gasteiger partial charge on any atom is -0.336 e. The van der Waals surface area contributed by atoms with Crippen LogP contribution >= 0.6 is 0 Å². The molecule has 1 N–H and O–H groups in total. The van der Waals surface area contributed by atoms with Gasteiger partial charge in [-0.3, -0.25) is 19.4 Å². The van der Waals surface area contributed by atoms with Crippen LogP contribution in [-0.2, 0) is 16.6 Å². The number of rotatable bonds is 6. The van der Waals surface area contributed by atoms with E-state index in [2.05, 4.69) is 9.71 Å². The smallest absolute Gasteiger partial charge is 0.264 e. The summed E-state index contributed by atoms with van der Waals surface area (Å²) in [7, 11) is -3.92. The standard InChI is InChI=1S/C28H26F2N4O3S/c1-19-17-21(28(35)34-15-13-33(14-16-34)18-22-6-2-8-23(29)26(22)30)10-11-24(19)32-38(36,37)25-9-3-5-20-7-4-12-31-27(20)25/h2-12,17,32H,13-16,18H2,1H3.